The van der Waals surface area contributed by atoms with Gasteiger partial charge in [0.2, 0.25) is 0 Å². The molecule has 0 aromatic heterocycles. The first-order valence-corrected chi connectivity index (χ1v) is 8.88. The van der Waals surface area contributed by atoms with Crippen LogP contribution < -0.4 is 15.2 Å². The van der Waals surface area contributed by atoms with Crippen LogP contribution in [0.3, 0.4) is 0 Å². The maximum absolute atomic E-state index is 11.1. The van der Waals surface area contributed by atoms with Crippen LogP contribution in [0.15, 0.2) is 24.3 Å². The average Bonchev–Trinajstić information content (AvgIpc) is 3.13. The zero-order chi connectivity index (χ0) is 15.0. The van der Waals surface area contributed by atoms with Crippen LogP contribution in [0.2, 0.25) is 0 Å². The highest BCUT2D eigenvalue weighted by molar-refractivity contribution is 7.90. The minimum atomic E-state index is -3.73. The molecule has 1 aliphatic carbocycles. The van der Waals surface area contributed by atoms with Crippen LogP contribution in [0.1, 0.15) is 26.2 Å². The van der Waals surface area contributed by atoms with Crippen molar-refractivity contribution in [2.45, 2.75) is 44.3 Å². The second-order valence-corrected chi connectivity index (χ2v) is 7.38. The van der Waals surface area contributed by atoms with Gasteiger partial charge >= 0.3 is 0 Å². The molecule has 0 radical (unpaired) electrons. The quantitative estimate of drug-likeness (QED) is 0.766. The Bertz CT molecular complexity index is 615. The van der Waals surface area contributed by atoms with Crippen molar-refractivity contribution in [1.82, 2.24) is 4.90 Å². The highest BCUT2D eigenvalue weighted by atomic mass is 32.2. The van der Waals surface area contributed by atoms with Crippen molar-refractivity contribution in [3.63, 3.8) is 0 Å². The fourth-order valence-electron chi connectivity index (χ4n) is 3.15. The molecule has 6 nitrogen and oxygen atoms in total. The zero-order valence-electron chi connectivity index (χ0n) is 12.1. The summed E-state index contributed by atoms with van der Waals surface area (Å²) in [6.45, 7) is 3.33. The molecule has 2 unspecified atom stereocenters. The van der Waals surface area contributed by atoms with Gasteiger partial charge in [0.1, 0.15) is 0 Å². The number of benzene rings is 1. The van der Waals surface area contributed by atoms with Crippen molar-refractivity contribution in [2.24, 2.45) is 5.14 Å². The third-order valence-corrected chi connectivity index (χ3v) is 4.65. The number of hydrogen-bond donors (Lipinski definition) is 3. The van der Waals surface area contributed by atoms with Gasteiger partial charge in [0.05, 0.1) is 5.69 Å². The molecule has 3 rings (SSSR count). The maximum atomic E-state index is 11.1. The molecule has 116 valence electrons. The topological polar surface area (TPSA) is 87.5 Å². The Labute approximate surface area is 125 Å². The molecule has 1 saturated heterocycles. The lowest BCUT2D eigenvalue weighted by Gasteiger charge is -2.20. The fraction of sp³-hybridized carbons (Fsp3) is 0.571. The van der Waals surface area contributed by atoms with Gasteiger partial charge < -0.3 is 5.32 Å². The molecule has 2 fully saturated rings. The molecule has 2 aliphatic rings. The van der Waals surface area contributed by atoms with Crippen LogP contribution in [-0.2, 0) is 10.2 Å². The van der Waals surface area contributed by atoms with E-state index in [1.807, 2.05) is 12.1 Å². The second-order valence-electron chi connectivity index (χ2n) is 6.08. The normalized spacial score (nSPS) is 26.8. The van der Waals surface area contributed by atoms with Crippen molar-refractivity contribution >= 4 is 21.6 Å². The summed E-state index contributed by atoms with van der Waals surface area (Å²) in [5.74, 6) is 0. The standard InChI is InChI=1S/C14H22N4O2S/c1-10-7-13(9-18(10)14-5-6-14)16-11-3-2-4-12(8-11)17-21(15,19)20/h2-4,8,10,13-14,16-17H,5-7,9H2,1H3,(H2,15,19,20). The lowest BCUT2D eigenvalue weighted by molar-refractivity contribution is 0.257. The Hall–Kier alpha value is -1.31. The van der Waals surface area contributed by atoms with Gasteiger partial charge in [0.25, 0.3) is 10.2 Å². The summed E-state index contributed by atoms with van der Waals surface area (Å²) < 4.78 is 24.4. The summed E-state index contributed by atoms with van der Waals surface area (Å²) in [5.41, 5.74) is 1.39. The summed E-state index contributed by atoms with van der Waals surface area (Å²) in [6, 6.07) is 9.01. The molecule has 0 amide bonds. The number of anilines is 2. The third kappa shape index (κ3) is 3.87. The first-order chi connectivity index (χ1) is 9.90. The molecule has 0 bridgehead atoms. The molecule has 1 saturated carbocycles. The lowest BCUT2D eigenvalue weighted by atomic mass is 10.2. The van der Waals surface area contributed by atoms with Gasteiger partial charge in [0, 0.05) is 30.4 Å². The van der Waals surface area contributed by atoms with E-state index in [0.29, 0.717) is 17.8 Å². The van der Waals surface area contributed by atoms with Crippen molar-refractivity contribution < 1.29 is 8.42 Å². The maximum Gasteiger partial charge on any atom is 0.296 e. The van der Waals surface area contributed by atoms with E-state index in [9.17, 15) is 8.42 Å². The molecule has 1 aromatic carbocycles. The number of rotatable bonds is 5. The Kier molecular flexibility index (Phi) is 3.81. The van der Waals surface area contributed by atoms with Gasteiger partial charge in [-0.2, -0.15) is 8.42 Å². The summed E-state index contributed by atoms with van der Waals surface area (Å²) in [4.78, 5) is 2.57. The van der Waals surface area contributed by atoms with E-state index in [4.69, 9.17) is 5.14 Å². The Morgan fingerprint density at radius 3 is 2.67 bits per heavy atom. The smallest absolute Gasteiger partial charge is 0.296 e. The lowest BCUT2D eigenvalue weighted by Crippen LogP contribution is -2.31. The number of hydrogen-bond acceptors (Lipinski definition) is 4. The van der Waals surface area contributed by atoms with E-state index >= 15 is 0 Å². The molecule has 1 heterocycles. The third-order valence-electron chi connectivity index (χ3n) is 4.13. The van der Waals surface area contributed by atoms with Crippen LogP contribution >= 0.6 is 0 Å². The van der Waals surface area contributed by atoms with Gasteiger partial charge in [-0.1, -0.05) is 6.07 Å². The molecular formula is C14H22N4O2S. The first kappa shape index (κ1) is 14.6. The van der Waals surface area contributed by atoms with Crippen molar-refractivity contribution in [2.75, 3.05) is 16.6 Å². The minimum absolute atomic E-state index is 0.408. The average molecular weight is 310 g/mol. The van der Waals surface area contributed by atoms with Gasteiger partial charge in [-0.3, -0.25) is 9.62 Å². The summed E-state index contributed by atoms with van der Waals surface area (Å²) in [7, 11) is -3.73. The van der Waals surface area contributed by atoms with E-state index in [2.05, 4.69) is 21.9 Å². The summed E-state index contributed by atoms with van der Waals surface area (Å²) in [5, 5.41) is 8.48. The molecule has 1 aliphatic heterocycles. The van der Waals surface area contributed by atoms with E-state index in [-0.39, 0.29) is 0 Å². The van der Waals surface area contributed by atoms with Crippen molar-refractivity contribution in [3.05, 3.63) is 24.3 Å². The summed E-state index contributed by atoms with van der Waals surface area (Å²) in [6.07, 6.45) is 3.76. The van der Waals surface area contributed by atoms with E-state index in [1.165, 1.54) is 12.8 Å². The highest BCUT2D eigenvalue weighted by Gasteiger charge is 2.38. The number of nitrogens with zero attached hydrogens (tertiary/aromatic N) is 1. The largest absolute Gasteiger partial charge is 0.381 e. The first-order valence-electron chi connectivity index (χ1n) is 7.33. The Balaban J connectivity index is 1.64. The zero-order valence-corrected chi connectivity index (χ0v) is 12.9. The molecular weight excluding hydrogens is 288 g/mol. The van der Waals surface area contributed by atoms with E-state index < -0.39 is 10.2 Å². The van der Waals surface area contributed by atoms with Crippen LogP contribution in [0.4, 0.5) is 11.4 Å². The van der Waals surface area contributed by atoms with Gasteiger partial charge in [-0.05, 0) is 44.4 Å². The van der Waals surface area contributed by atoms with Crippen LogP contribution in [0, 0.1) is 0 Å². The molecule has 7 heteroatoms. The van der Waals surface area contributed by atoms with Gasteiger partial charge in [-0.25, -0.2) is 5.14 Å². The molecule has 1 aromatic rings. The van der Waals surface area contributed by atoms with Crippen LogP contribution in [-0.4, -0.2) is 38.0 Å². The highest BCUT2D eigenvalue weighted by Crippen LogP contribution is 2.34. The predicted molar refractivity (Wildman–Crippen MR) is 84.4 cm³/mol. The van der Waals surface area contributed by atoms with E-state index in [0.717, 1.165) is 24.7 Å². The minimum Gasteiger partial charge on any atom is -0.381 e. The predicted octanol–water partition coefficient (Wildman–Crippen LogP) is 1.34. The number of likely N-dealkylation sites (tertiary alicyclic amines) is 1. The Morgan fingerprint density at radius 2 is 2.00 bits per heavy atom. The molecule has 0 spiro atoms. The number of nitrogens with one attached hydrogen (secondary N) is 2. The Morgan fingerprint density at radius 1 is 1.29 bits per heavy atom. The second kappa shape index (κ2) is 5.47. The van der Waals surface area contributed by atoms with Gasteiger partial charge in [0.15, 0.2) is 0 Å². The van der Waals surface area contributed by atoms with Crippen molar-refractivity contribution in [1.29, 1.82) is 0 Å². The fourth-order valence-corrected chi connectivity index (χ4v) is 3.60. The monoisotopic (exact) mass is 310 g/mol. The molecule has 2 atom stereocenters. The van der Waals surface area contributed by atoms with Gasteiger partial charge in [-0.15, -0.1) is 0 Å². The SMILES string of the molecule is CC1CC(Nc2cccc(NS(N)(=O)=O)c2)CN1C1CC1. The molecule has 21 heavy (non-hydrogen) atoms. The summed E-state index contributed by atoms with van der Waals surface area (Å²) >= 11 is 0. The molecule has 4 N–H and O–H groups in total. The van der Waals surface area contributed by atoms with Crippen molar-refractivity contribution in [3.8, 4) is 0 Å². The number of nitrogens with two attached hydrogens (primary N) is 1. The van der Waals surface area contributed by atoms with E-state index in [1.54, 1.807) is 12.1 Å². The van der Waals surface area contributed by atoms with Crippen LogP contribution in [0.5, 0.6) is 0 Å². The van der Waals surface area contributed by atoms with Crippen LogP contribution in [0.25, 0.3) is 0 Å².